The van der Waals surface area contributed by atoms with Gasteiger partial charge in [-0.15, -0.1) is 11.8 Å². The van der Waals surface area contributed by atoms with Crippen molar-refractivity contribution in [3.63, 3.8) is 0 Å². The van der Waals surface area contributed by atoms with E-state index in [9.17, 15) is 9.59 Å². The fraction of sp³-hybridized carbons (Fsp3) is 0.167. The summed E-state index contributed by atoms with van der Waals surface area (Å²) >= 11 is 7.99. The number of nitrogens with zero attached hydrogens (tertiary/aromatic N) is 1. The lowest BCUT2D eigenvalue weighted by atomic mass is 10.0. The highest BCUT2D eigenvalue weighted by molar-refractivity contribution is 7.99. The van der Waals surface area contributed by atoms with Gasteiger partial charge < -0.3 is 9.88 Å². The molecule has 0 radical (unpaired) electrons. The third kappa shape index (κ3) is 3.38. The SMILES string of the molecule is O=C(Cn1c2ccccc2c(=O)c2ccccc21)N[C@H]1CCSc2ccc(Cl)cc21. The average Bonchev–Trinajstić information content (AvgIpc) is 2.77. The zero-order chi connectivity index (χ0) is 20.7. The lowest BCUT2D eigenvalue weighted by Crippen LogP contribution is -2.33. The van der Waals surface area contributed by atoms with E-state index in [1.54, 1.807) is 11.8 Å². The molecule has 3 aromatic carbocycles. The molecule has 0 bridgehead atoms. The van der Waals surface area contributed by atoms with Crippen molar-refractivity contribution in [3.05, 3.63) is 87.5 Å². The number of para-hydroxylation sites is 2. The maximum absolute atomic E-state index is 13.1. The lowest BCUT2D eigenvalue weighted by Gasteiger charge is -2.26. The Morgan fingerprint density at radius 1 is 1.03 bits per heavy atom. The van der Waals surface area contributed by atoms with Crippen molar-refractivity contribution in [2.24, 2.45) is 0 Å². The summed E-state index contributed by atoms with van der Waals surface area (Å²) in [4.78, 5) is 27.1. The Bertz CT molecular complexity index is 1290. The minimum atomic E-state index is -0.0863. The van der Waals surface area contributed by atoms with Crippen LogP contribution in [0.25, 0.3) is 21.8 Å². The third-order valence-corrected chi connectivity index (χ3v) is 6.88. The van der Waals surface area contributed by atoms with Crippen LogP contribution in [0.2, 0.25) is 5.02 Å². The smallest absolute Gasteiger partial charge is 0.240 e. The van der Waals surface area contributed by atoms with Crippen LogP contribution in [-0.2, 0) is 11.3 Å². The van der Waals surface area contributed by atoms with Crippen LogP contribution in [0.15, 0.2) is 76.4 Å². The quantitative estimate of drug-likeness (QED) is 0.453. The van der Waals surface area contributed by atoms with Gasteiger partial charge in [-0.1, -0.05) is 35.9 Å². The molecule has 2 heterocycles. The molecule has 0 fully saturated rings. The Hall–Kier alpha value is -2.76. The lowest BCUT2D eigenvalue weighted by molar-refractivity contribution is -0.122. The van der Waals surface area contributed by atoms with Gasteiger partial charge in [0.15, 0.2) is 5.43 Å². The summed E-state index contributed by atoms with van der Waals surface area (Å²) in [6.45, 7) is 0.140. The number of carbonyl (C=O) groups excluding carboxylic acids is 1. The van der Waals surface area contributed by atoms with Gasteiger partial charge in [-0.25, -0.2) is 0 Å². The van der Waals surface area contributed by atoms with Gasteiger partial charge in [-0.05, 0) is 54.4 Å². The standard InChI is InChI=1S/C24H19ClN2O2S/c25-15-9-10-22-18(13-15)19(11-12-30-22)26-23(28)14-27-20-7-3-1-5-16(20)24(29)17-6-2-4-8-21(17)27/h1-10,13,19H,11-12,14H2,(H,26,28)/t19-/m0/s1. The number of aromatic nitrogens is 1. The summed E-state index contributed by atoms with van der Waals surface area (Å²) in [6, 6.07) is 20.7. The molecule has 1 aliphatic heterocycles. The maximum atomic E-state index is 13.1. The number of amides is 1. The number of fused-ring (bicyclic) bond motifs is 3. The molecule has 5 rings (SSSR count). The highest BCUT2D eigenvalue weighted by atomic mass is 35.5. The molecule has 0 spiro atoms. The molecule has 4 aromatic rings. The molecule has 150 valence electrons. The Kier molecular flexibility index (Phi) is 5.01. The summed E-state index contributed by atoms with van der Waals surface area (Å²) < 4.78 is 1.93. The summed E-state index contributed by atoms with van der Waals surface area (Å²) in [5, 5.41) is 5.10. The molecular formula is C24H19ClN2O2S. The molecule has 1 aliphatic rings. The zero-order valence-electron chi connectivity index (χ0n) is 16.1. The van der Waals surface area contributed by atoms with Gasteiger partial charge in [0.25, 0.3) is 0 Å². The van der Waals surface area contributed by atoms with Gasteiger partial charge >= 0.3 is 0 Å². The molecule has 6 heteroatoms. The first-order valence-electron chi connectivity index (χ1n) is 9.84. The number of carbonyl (C=O) groups is 1. The van der Waals surface area contributed by atoms with Crippen LogP contribution in [0.3, 0.4) is 0 Å². The van der Waals surface area contributed by atoms with E-state index in [1.807, 2.05) is 71.3 Å². The first-order chi connectivity index (χ1) is 14.6. The highest BCUT2D eigenvalue weighted by Gasteiger charge is 2.23. The number of hydrogen-bond acceptors (Lipinski definition) is 3. The molecule has 0 saturated heterocycles. The summed E-state index contributed by atoms with van der Waals surface area (Å²) in [6.07, 6.45) is 0.857. The number of pyridine rings is 1. The number of rotatable bonds is 3. The molecular weight excluding hydrogens is 416 g/mol. The summed E-state index contributed by atoms with van der Waals surface area (Å²) in [5.41, 5.74) is 2.59. The van der Waals surface area contributed by atoms with E-state index >= 15 is 0 Å². The van der Waals surface area contributed by atoms with Crippen LogP contribution in [0, 0.1) is 0 Å². The van der Waals surface area contributed by atoms with E-state index in [1.165, 1.54) is 0 Å². The number of nitrogens with one attached hydrogen (secondary N) is 1. The minimum Gasteiger partial charge on any atom is -0.348 e. The van der Waals surface area contributed by atoms with Crippen molar-refractivity contribution in [2.45, 2.75) is 23.9 Å². The molecule has 0 saturated carbocycles. The molecule has 4 nitrogen and oxygen atoms in total. The van der Waals surface area contributed by atoms with E-state index in [4.69, 9.17) is 11.6 Å². The largest absolute Gasteiger partial charge is 0.348 e. The first-order valence-corrected chi connectivity index (χ1v) is 11.2. The van der Waals surface area contributed by atoms with E-state index < -0.39 is 0 Å². The Morgan fingerprint density at radius 3 is 2.40 bits per heavy atom. The van der Waals surface area contributed by atoms with Gasteiger partial charge in [-0.2, -0.15) is 0 Å². The van der Waals surface area contributed by atoms with Gasteiger partial charge in [0.1, 0.15) is 6.54 Å². The number of halogens is 1. The summed E-state index contributed by atoms with van der Waals surface area (Å²) in [7, 11) is 0. The molecule has 1 N–H and O–H groups in total. The van der Waals surface area contributed by atoms with Gasteiger partial charge in [-0.3, -0.25) is 9.59 Å². The number of thioether (sulfide) groups is 1. The molecule has 30 heavy (non-hydrogen) atoms. The van der Waals surface area contributed by atoms with Crippen molar-refractivity contribution >= 4 is 51.1 Å². The maximum Gasteiger partial charge on any atom is 0.240 e. The number of hydrogen-bond donors (Lipinski definition) is 1. The van der Waals surface area contributed by atoms with Crippen LogP contribution in [0.5, 0.6) is 0 Å². The molecule has 0 unspecified atom stereocenters. The van der Waals surface area contributed by atoms with Crippen LogP contribution < -0.4 is 10.7 Å². The van der Waals surface area contributed by atoms with Crippen LogP contribution in [0.1, 0.15) is 18.0 Å². The predicted octanol–water partition coefficient (Wildman–Crippen LogP) is 5.16. The van der Waals surface area contributed by atoms with Crippen molar-refractivity contribution in [3.8, 4) is 0 Å². The minimum absolute atomic E-state index is 0.00858. The highest BCUT2D eigenvalue weighted by Crippen LogP contribution is 2.37. The zero-order valence-corrected chi connectivity index (χ0v) is 17.7. The van der Waals surface area contributed by atoms with E-state index in [0.29, 0.717) is 15.8 Å². The van der Waals surface area contributed by atoms with E-state index in [-0.39, 0.29) is 23.9 Å². The normalized spacial score (nSPS) is 15.8. The van der Waals surface area contributed by atoms with Crippen LogP contribution in [-0.4, -0.2) is 16.2 Å². The van der Waals surface area contributed by atoms with E-state index in [2.05, 4.69) is 5.32 Å². The topological polar surface area (TPSA) is 51.1 Å². The second-order valence-corrected chi connectivity index (χ2v) is 8.96. The Labute approximate surface area is 182 Å². The fourth-order valence-electron chi connectivity index (χ4n) is 4.15. The van der Waals surface area contributed by atoms with Crippen molar-refractivity contribution < 1.29 is 4.79 Å². The molecule has 1 atom stereocenters. The second kappa shape index (κ2) is 7.82. The van der Waals surface area contributed by atoms with Crippen LogP contribution in [0.4, 0.5) is 0 Å². The van der Waals surface area contributed by atoms with Gasteiger partial charge in [0.05, 0.1) is 17.1 Å². The monoisotopic (exact) mass is 434 g/mol. The van der Waals surface area contributed by atoms with Crippen LogP contribution >= 0.6 is 23.4 Å². The molecule has 1 aromatic heterocycles. The van der Waals surface area contributed by atoms with Crippen molar-refractivity contribution in [1.82, 2.24) is 9.88 Å². The Balaban J connectivity index is 1.52. The second-order valence-electron chi connectivity index (χ2n) is 7.39. The van der Waals surface area contributed by atoms with Gasteiger partial charge in [0.2, 0.25) is 5.91 Å². The fourth-order valence-corrected chi connectivity index (χ4v) is 5.43. The number of benzene rings is 3. The Morgan fingerprint density at radius 2 is 1.70 bits per heavy atom. The van der Waals surface area contributed by atoms with Crippen molar-refractivity contribution in [1.29, 1.82) is 0 Å². The van der Waals surface area contributed by atoms with E-state index in [0.717, 1.165) is 33.7 Å². The first kappa shape index (κ1) is 19.2. The molecule has 1 amide bonds. The summed E-state index contributed by atoms with van der Waals surface area (Å²) in [5.74, 6) is 0.862. The predicted molar refractivity (Wildman–Crippen MR) is 123 cm³/mol. The molecule has 0 aliphatic carbocycles. The third-order valence-electron chi connectivity index (χ3n) is 5.53. The van der Waals surface area contributed by atoms with Crippen molar-refractivity contribution in [2.75, 3.05) is 5.75 Å². The van der Waals surface area contributed by atoms with Gasteiger partial charge in [0, 0.05) is 26.4 Å². The average molecular weight is 435 g/mol.